The molecule has 0 aliphatic carbocycles. The molecule has 1 aliphatic rings. The quantitative estimate of drug-likeness (QED) is 0.662. The Morgan fingerprint density at radius 3 is 2.50 bits per heavy atom. The first-order valence-electron chi connectivity index (χ1n) is 4.05. The number of nitrogens with two attached hydrogens (primary N) is 1. The number of halogens is 3. The van der Waals surface area contributed by atoms with E-state index in [9.17, 15) is 13.2 Å². The number of alkyl halides is 3. The van der Waals surface area contributed by atoms with Crippen LogP contribution in [-0.4, -0.2) is 30.3 Å². The molecule has 0 aromatic carbocycles. The summed E-state index contributed by atoms with van der Waals surface area (Å²) in [5.41, 5.74) is 5.51. The number of piperidine rings is 1. The minimum absolute atomic E-state index is 0.402. The average molecular weight is 182 g/mol. The van der Waals surface area contributed by atoms with Crippen molar-refractivity contribution in [2.75, 3.05) is 13.1 Å². The molecule has 2 nitrogen and oxygen atoms in total. The molecule has 1 aliphatic heterocycles. The van der Waals surface area contributed by atoms with Crippen LogP contribution in [0.5, 0.6) is 0 Å². The van der Waals surface area contributed by atoms with Crippen molar-refractivity contribution in [2.45, 2.75) is 31.6 Å². The smallest absolute Gasteiger partial charge is 0.316 e. The van der Waals surface area contributed by atoms with Crippen LogP contribution >= 0.6 is 0 Å². The van der Waals surface area contributed by atoms with Gasteiger partial charge in [-0.05, 0) is 25.8 Å². The molecule has 0 spiro atoms. The normalized spacial score (nSPS) is 27.5. The van der Waals surface area contributed by atoms with Crippen LogP contribution in [0.3, 0.4) is 0 Å². The molecule has 5 heteroatoms. The van der Waals surface area contributed by atoms with Gasteiger partial charge < -0.3 is 5.73 Å². The molecule has 0 radical (unpaired) electrons. The van der Waals surface area contributed by atoms with Crippen molar-refractivity contribution in [3.05, 3.63) is 0 Å². The monoisotopic (exact) mass is 182 g/mol. The van der Waals surface area contributed by atoms with Gasteiger partial charge in [-0.2, -0.15) is 13.2 Å². The third-order valence-corrected chi connectivity index (χ3v) is 2.05. The maximum Gasteiger partial charge on any atom is 0.401 e. The van der Waals surface area contributed by atoms with Crippen molar-refractivity contribution in [1.29, 1.82) is 0 Å². The molecular formula is C7H13F3N2. The van der Waals surface area contributed by atoms with Crippen LogP contribution in [0.15, 0.2) is 0 Å². The highest BCUT2D eigenvalue weighted by Gasteiger charge is 2.33. The fourth-order valence-corrected chi connectivity index (χ4v) is 1.44. The van der Waals surface area contributed by atoms with Crippen molar-refractivity contribution < 1.29 is 13.2 Å². The first-order chi connectivity index (χ1) is 5.49. The standard InChI is InChI=1S/C7H13F3N2/c8-7(9,10)5-12-4-2-1-3-6(12)11/h6H,1-5,11H2. The molecule has 0 saturated carbocycles. The highest BCUT2D eigenvalue weighted by atomic mass is 19.4. The topological polar surface area (TPSA) is 29.3 Å². The zero-order valence-corrected chi connectivity index (χ0v) is 6.77. The predicted octanol–water partition coefficient (Wildman–Crippen LogP) is 1.32. The second-order valence-corrected chi connectivity index (χ2v) is 3.15. The van der Waals surface area contributed by atoms with Crippen molar-refractivity contribution in [2.24, 2.45) is 5.73 Å². The van der Waals surface area contributed by atoms with Crippen molar-refractivity contribution in [1.82, 2.24) is 4.90 Å². The lowest BCUT2D eigenvalue weighted by atomic mass is 10.1. The van der Waals surface area contributed by atoms with Crippen molar-refractivity contribution >= 4 is 0 Å². The van der Waals surface area contributed by atoms with Gasteiger partial charge in [0.2, 0.25) is 0 Å². The molecule has 1 atom stereocenters. The van der Waals surface area contributed by atoms with Crippen molar-refractivity contribution in [3.8, 4) is 0 Å². The summed E-state index contributed by atoms with van der Waals surface area (Å²) in [4.78, 5) is 1.30. The second-order valence-electron chi connectivity index (χ2n) is 3.15. The largest absolute Gasteiger partial charge is 0.401 e. The molecule has 0 bridgehead atoms. The lowest BCUT2D eigenvalue weighted by Gasteiger charge is -2.33. The van der Waals surface area contributed by atoms with Gasteiger partial charge in [-0.3, -0.25) is 4.90 Å². The minimum Gasteiger partial charge on any atom is -0.316 e. The molecule has 0 aromatic rings. The lowest BCUT2D eigenvalue weighted by molar-refractivity contribution is -0.153. The molecule has 12 heavy (non-hydrogen) atoms. The van der Waals surface area contributed by atoms with E-state index in [0.717, 1.165) is 12.8 Å². The molecule has 1 fully saturated rings. The molecule has 1 rings (SSSR count). The summed E-state index contributed by atoms with van der Waals surface area (Å²) < 4.78 is 35.7. The maximum absolute atomic E-state index is 11.9. The highest BCUT2D eigenvalue weighted by molar-refractivity contribution is 4.73. The van der Waals surface area contributed by atoms with Crippen LogP contribution < -0.4 is 5.73 Å². The lowest BCUT2D eigenvalue weighted by Crippen LogP contribution is -2.49. The van der Waals surface area contributed by atoms with Gasteiger partial charge in [0.25, 0.3) is 0 Å². The fourth-order valence-electron chi connectivity index (χ4n) is 1.44. The Morgan fingerprint density at radius 1 is 1.33 bits per heavy atom. The molecular weight excluding hydrogens is 169 g/mol. The number of rotatable bonds is 1. The van der Waals surface area contributed by atoms with Gasteiger partial charge in [-0.15, -0.1) is 0 Å². The SMILES string of the molecule is NC1CCCCN1CC(F)(F)F. The van der Waals surface area contributed by atoms with Gasteiger partial charge in [0.05, 0.1) is 12.7 Å². The average Bonchev–Trinajstić information content (AvgIpc) is 1.91. The van der Waals surface area contributed by atoms with E-state index >= 15 is 0 Å². The van der Waals surface area contributed by atoms with Crippen LogP contribution in [0.1, 0.15) is 19.3 Å². The Labute approximate surface area is 69.5 Å². The van der Waals surface area contributed by atoms with Gasteiger partial charge >= 0.3 is 6.18 Å². The summed E-state index contributed by atoms with van der Waals surface area (Å²) in [6.45, 7) is -0.394. The third kappa shape index (κ3) is 2.98. The van der Waals surface area contributed by atoms with Crippen LogP contribution in [0.2, 0.25) is 0 Å². The number of nitrogens with zero attached hydrogens (tertiary/aromatic N) is 1. The van der Waals surface area contributed by atoms with E-state index in [0.29, 0.717) is 13.0 Å². The second kappa shape index (κ2) is 3.62. The molecule has 72 valence electrons. The molecule has 0 amide bonds. The van der Waals surface area contributed by atoms with E-state index in [1.165, 1.54) is 4.90 Å². The number of likely N-dealkylation sites (tertiary alicyclic amines) is 1. The van der Waals surface area contributed by atoms with Gasteiger partial charge in [0, 0.05) is 0 Å². The Hall–Kier alpha value is -0.290. The Bertz CT molecular complexity index is 146. The summed E-state index contributed by atoms with van der Waals surface area (Å²) in [5.74, 6) is 0. The minimum atomic E-state index is -4.12. The van der Waals surface area contributed by atoms with Crippen molar-refractivity contribution in [3.63, 3.8) is 0 Å². The van der Waals surface area contributed by atoms with E-state index in [1.54, 1.807) is 0 Å². The molecule has 0 aromatic heterocycles. The van der Waals surface area contributed by atoms with E-state index < -0.39 is 18.9 Å². The molecule has 1 saturated heterocycles. The van der Waals surface area contributed by atoms with Crippen LogP contribution in [0, 0.1) is 0 Å². The van der Waals surface area contributed by atoms with Crippen LogP contribution in [-0.2, 0) is 0 Å². The van der Waals surface area contributed by atoms with Crippen LogP contribution in [0.4, 0.5) is 13.2 Å². The number of hydrogen-bond donors (Lipinski definition) is 1. The van der Waals surface area contributed by atoms with Gasteiger partial charge in [0.15, 0.2) is 0 Å². The first kappa shape index (κ1) is 9.80. The molecule has 2 N–H and O–H groups in total. The van der Waals surface area contributed by atoms with Gasteiger partial charge in [-0.1, -0.05) is 0 Å². The van der Waals surface area contributed by atoms with E-state index in [1.807, 2.05) is 0 Å². The van der Waals surface area contributed by atoms with E-state index in [2.05, 4.69) is 0 Å². The van der Waals surface area contributed by atoms with Gasteiger partial charge in [0.1, 0.15) is 0 Å². The Balaban J connectivity index is 2.39. The fraction of sp³-hybridized carbons (Fsp3) is 1.00. The first-order valence-corrected chi connectivity index (χ1v) is 4.05. The molecule has 1 unspecified atom stereocenters. The summed E-state index contributed by atoms with van der Waals surface area (Å²) >= 11 is 0. The van der Waals surface area contributed by atoms with Crippen LogP contribution in [0.25, 0.3) is 0 Å². The van der Waals surface area contributed by atoms with E-state index in [4.69, 9.17) is 5.73 Å². The zero-order valence-electron chi connectivity index (χ0n) is 6.77. The van der Waals surface area contributed by atoms with Gasteiger partial charge in [-0.25, -0.2) is 0 Å². The number of hydrogen-bond acceptors (Lipinski definition) is 2. The molecule has 1 heterocycles. The summed E-state index contributed by atoms with van der Waals surface area (Å²) in [6, 6.07) is 0. The summed E-state index contributed by atoms with van der Waals surface area (Å²) in [7, 11) is 0. The third-order valence-electron chi connectivity index (χ3n) is 2.05. The Morgan fingerprint density at radius 2 is 2.00 bits per heavy atom. The predicted molar refractivity (Wildman–Crippen MR) is 39.5 cm³/mol. The highest BCUT2D eigenvalue weighted by Crippen LogP contribution is 2.21. The summed E-state index contributed by atoms with van der Waals surface area (Å²) in [5, 5.41) is 0. The Kier molecular flexibility index (Phi) is 2.95. The zero-order chi connectivity index (χ0) is 9.19. The van der Waals surface area contributed by atoms with E-state index in [-0.39, 0.29) is 0 Å². The summed E-state index contributed by atoms with van der Waals surface area (Å²) in [6.07, 6.45) is -2.08. The maximum atomic E-state index is 11.9.